The molecule has 0 saturated carbocycles. The Bertz CT molecular complexity index is 242. The van der Waals surface area contributed by atoms with Crippen LogP contribution < -0.4 is 0 Å². The Morgan fingerprint density at radius 2 is 1.36 bits per heavy atom. The Balaban J connectivity index is 4.58. The summed E-state index contributed by atoms with van der Waals surface area (Å²) in [5, 5.41) is 0. The van der Waals surface area contributed by atoms with Crippen molar-refractivity contribution in [1.29, 1.82) is 0 Å². The summed E-state index contributed by atoms with van der Waals surface area (Å²) in [6.07, 6.45) is 12.1. The first-order valence-electron chi connectivity index (χ1n) is 9.32. The summed E-state index contributed by atoms with van der Waals surface area (Å²) in [4.78, 5) is 0. The normalized spacial score (nSPS) is 12.0. The Kier molecular flexibility index (Phi) is 17.2. The number of halogens is 1. The van der Waals surface area contributed by atoms with E-state index in [0.29, 0.717) is 0 Å². The van der Waals surface area contributed by atoms with Gasteiger partial charge in [0, 0.05) is 0 Å². The molecule has 0 spiro atoms. The van der Waals surface area contributed by atoms with Gasteiger partial charge in [-0.15, -0.1) is 0 Å². The summed E-state index contributed by atoms with van der Waals surface area (Å²) < 4.78 is 9.06. The van der Waals surface area contributed by atoms with E-state index in [-0.39, 0.29) is 0 Å². The number of rotatable bonds is 16. The van der Waals surface area contributed by atoms with Crippen molar-refractivity contribution in [3.8, 4) is 0 Å². The molecule has 0 radical (unpaired) electrons. The average molecular weight is 546 g/mol. The topological polar surface area (TPSA) is 3.24 Å². The van der Waals surface area contributed by atoms with Gasteiger partial charge >= 0.3 is 162 Å². The molecule has 0 rings (SSSR count). The van der Waals surface area contributed by atoms with E-state index in [1.54, 1.807) is 17.7 Å². The summed E-state index contributed by atoms with van der Waals surface area (Å²) in [6.45, 7) is 13.3. The van der Waals surface area contributed by atoms with E-state index in [0.717, 1.165) is 6.54 Å². The third-order valence-electron chi connectivity index (χ3n) is 4.73. The molecule has 0 aromatic rings. The molecule has 0 unspecified atom stereocenters. The molecule has 0 aromatic carbocycles. The van der Waals surface area contributed by atoms with Crippen LogP contribution in [0.3, 0.4) is 0 Å². The van der Waals surface area contributed by atoms with E-state index in [1.165, 1.54) is 51.5 Å². The number of unbranched alkanes of at least 4 members (excludes halogenated alkanes) is 3. The summed E-state index contributed by atoms with van der Waals surface area (Å²) in [5.41, 5.74) is 0. The molecule has 22 heavy (non-hydrogen) atoms. The van der Waals surface area contributed by atoms with E-state index in [9.17, 15) is 0 Å². The molecule has 0 bridgehead atoms. The first kappa shape index (κ1) is 23.6. The van der Waals surface area contributed by atoms with Crippen LogP contribution in [-0.2, 0) is 0 Å². The molecular weight excluding hydrogens is 508 g/mol. The maximum absolute atomic E-state index is 3.88. The molecule has 0 N–H and O–H groups in total. The van der Waals surface area contributed by atoms with Crippen LogP contribution in [0.5, 0.6) is 0 Å². The zero-order valence-corrected chi connectivity index (χ0v) is 21.0. The van der Waals surface area contributed by atoms with Crippen LogP contribution in [0.1, 0.15) is 65.7 Å². The standard InChI is InChI=1S/C6H11INS.3C4H9.Sn/c1-3-5-8(9-7)6-4-2;3*1-3-4-2;/h3H,1-2,4-6H2;3*1,3-4H2,2H3;. The third kappa shape index (κ3) is 11.2. The Morgan fingerprint density at radius 3 is 1.73 bits per heavy atom. The van der Waals surface area contributed by atoms with Gasteiger partial charge in [-0.05, 0) is 0 Å². The van der Waals surface area contributed by atoms with Crippen LogP contribution in [0.15, 0.2) is 12.7 Å². The van der Waals surface area contributed by atoms with Crippen LogP contribution in [0.4, 0.5) is 0 Å². The van der Waals surface area contributed by atoms with Gasteiger partial charge in [0.05, 0.1) is 0 Å². The van der Waals surface area contributed by atoms with Crippen LogP contribution in [0.2, 0.25) is 17.7 Å². The summed E-state index contributed by atoms with van der Waals surface area (Å²) in [5.74, 6) is 0. The van der Waals surface area contributed by atoms with Crippen LogP contribution in [-0.4, -0.2) is 35.8 Å². The molecule has 1 nitrogen and oxygen atoms in total. The molecule has 4 heteroatoms. The fraction of sp³-hybridized carbons (Fsp3) is 0.889. The summed E-state index contributed by atoms with van der Waals surface area (Å²) in [7, 11) is 1.85. The fourth-order valence-corrected chi connectivity index (χ4v) is 21.1. The van der Waals surface area contributed by atoms with Crippen molar-refractivity contribution in [1.82, 2.24) is 4.31 Å². The zero-order chi connectivity index (χ0) is 16.7. The molecule has 0 aliphatic carbocycles. The second-order valence-corrected chi connectivity index (χ2v) is 22.8. The average Bonchev–Trinajstić information content (AvgIpc) is 2.55. The molecule has 0 aromatic heterocycles. The van der Waals surface area contributed by atoms with Gasteiger partial charge in [-0.25, -0.2) is 0 Å². The zero-order valence-electron chi connectivity index (χ0n) is 15.2. The van der Waals surface area contributed by atoms with Crippen molar-refractivity contribution in [2.75, 3.05) is 13.1 Å². The minimum absolute atomic E-state index is 1.02. The van der Waals surface area contributed by atoms with Gasteiger partial charge in [0.15, 0.2) is 0 Å². The van der Waals surface area contributed by atoms with E-state index in [4.69, 9.17) is 0 Å². The van der Waals surface area contributed by atoms with Gasteiger partial charge < -0.3 is 0 Å². The van der Waals surface area contributed by atoms with Crippen molar-refractivity contribution in [3.05, 3.63) is 12.7 Å². The van der Waals surface area contributed by atoms with Crippen molar-refractivity contribution in [2.45, 2.75) is 83.5 Å². The van der Waals surface area contributed by atoms with Crippen molar-refractivity contribution < 1.29 is 0 Å². The predicted octanol–water partition coefficient (Wildman–Crippen LogP) is 7.71. The Labute approximate surface area is 161 Å². The van der Waals surface area contributed by atoms with Crippen LogP contribution in [0.25, 0.3) is 0 Å². The van der Waals surface area contributed by atoms with E-state index < -0.39 is 18.4 Å². The van der Waals surface area contributed by atoms with Gasteiger partial charge in [-0.3, -0.25) is 0 Å². The summed E-state index contributed by atoms with van der Waals surface area (Å²) in [6, 6.07) is 0. The minimum atomic E-state index is -1.87. The monoisotopic (exact) mass is 547 g/mol. The second-order valence-electron chi connectivity index (χ2n) is 6.66. The molecule has 0 aliphatic rings. The van der Waals surface area contributed by atoms with E-state index in [2.05, 4.69) is 52.9 Å². The SMILES string of the molecule is C=CCN(CC[CH2][Sn]([CH2]CCC)([CH2]CCC)[CH2]CCC)SI. The van der Waals surface area contributed by atoms with Crippen molar-refractivity contribution in [3.63, 3.8) is 0 Å². The molecule has 0 heterocycles. The Hall–Kier alpha value is 1.58. The van der Waals surface area contributed by atoms with Crippen molar-refractivity contribution >= 4 is 48.7 Å². The molecule has 0 aliphatic heterocycles. The first-order chi connectivity index (χ1) is 10.7. The number of hydrogen-bond acceptors (Lipinski definition) is 2. The van der Waals surface area contributed by atoms with Gasteiger partial charge in [0.2, 0.25) is 0 Å². The van der Waals surface area contributed by atoms with Gasteiger partial charge in [0.25, 0.3) is 0 Å². The molecule has 132 valence electrons. The van der Waals surface area contributed by atoms with E-state index >= 15 is 0 Å². The molecule has 0 fully saturated rings. The van der Waals surface area contributed by atoms with Crippen molar-refractivity contribution in [2.24, 2.45) is 0 Å². The first-order valence-corrected chi connectivity index (χ1v) is 20.7. The number of hydrogen-bond donors (Lipinski definition) is 0. The third-order valence-corrected chi connectivity index (χ3v) is 23.1. The van der Waals surface area contributed by atoms with Gasteiger partial charge in [-0.2, -0.15) is 0 Å². The molecule has 0 atom stereocenters. The predicted molar refractivity (Wildman–Crippen MR) is 118 cm³/mol. The second kappa shape index (κ2) is 16.1. The number of nitrogens with zero attached hydrogens (tertiary/aromatic N) is 1. The van der Waals surface area contributed by atoms with E-state index in [1.807, 2.05) is 15.2 Å². The molecular formula is C18H38INSSn. The molecule has 0 saturated heterocycles. The Morgan fingerprint density at radius 1 is 0.909 bits per heavy atom. The van der Waals surface area contributed by atoms with Gasteiger partial charge in [0.1, 0.15) is 0 Å². The fourth-order valence-electron chi connectivity index (χ4n) is 3.33. The van der Waals surface area contributed by atoms with Gasteiger partial charge in [-0.1, -0.05) is 0 Å². The van der Waals surface area contributed by atoms with Crippen LogP contribution >= 0.6 is 30.3 Å². The molecule has 0 amide bonds. The maximum atomic E-state index is 3.88. The summed E-state index contributed by atoms with van der Waals surface area (Å²) >= 11 is 0.544. The quantitative estimate of drug-likeness (QED) is 0.0845. The van der Waals surface area contributed by atoms with Crippen LogP contribution in [0, 0.1) is 0 Å².